The molecule has 2 N–H and O–H groups in total. The van der Waals surface area contributed by atoms with Crippen molar-refractivity contribution < 1.29 is 23.7 Å². The fourth-order valence-electron chi connectivity index (χ4n) is 3.02. The second-order valence-electron chi connectivity index (χ2n) is 5.99. The van der Waals surface area contributed by atoms with Crippen LogP contribution in [-0.4, -0.2) is 45.5 Å². The molecule has 0 saturated carbocycles. The van der Waals surface area contributed by atoms with Crippen molar-refractivity contribution in [2.24, 2.45) is 0 Å². The first-order valence-electron chi connectivity index (χ1n) is 8.74. The smallest absolute Gasteiger partial charge is 0.253 e. The number of aromatic amines is 1. The zero-order valence-corrected chi connectivity index (χ0v) is 16.9. The Labute approximate surface area is 167 Å². The van der Waals surface area contributed by atoms with Gasteiger partial charge in [0, 0.05) is 29.6 Å². The Kier molecular flexibility index (Phi) is 5.96. The van der Waals surface area contributed by atoms with Gasteiger partial charge in [-0.3, -0.25) is 4.79 Å². The van der Waals surface area contributed by atoms with Crippen molar-refractivity contribution in [2.45, 2.75) is 6.54 Å². The first kappa shape index (κ1) is 20.1. The van der Waals surface area contributed by atoms with E-state index in [9.17, 15) is 4.79 Å². The van der Waals surface area contributed by atoms with Crippen LogP contribution in [0.15, 0.2) is 29.1 Å². The SMILES string of the molecule is COc1ccc(NCc2cc3c(OC)c(OC)c(OC)cc3[nH]c2=O)c(OC)n1. The standard InChI is InChI=1S/C20H23N3O6/c1-25-15-9-14-12(17(27-3)18(15)28-4)8-11(19(24)22-14)10-21-13-6-7-16(26-2)23-20(13)29-5/h6-9,21H,10H2,1-5H3,(H,22,24). The predicted octanol–water partition coefficient (Wildman–Crippen LogP) is 2.58. The number of nitrogens with one attached hydrogen (secondary N) is 2. The topological polar surface area (TPSA) is 104 Å². The third-order valence-electron chi connectivity index (χ3n) is 4.43. The van der Waals surface area contributed by atoms with Gasteiger partial charge in [-0.25, -0.2) is 0 Å². The van der Waals surface area contributed by atoms with Crippen LogP contribution in [0.4, 0.5) is 5.69 Å². The number of fused-ring (bicyclic) bond motifs is 1. The summed E-state index contributed by atoms with van der Waals surface area (Å²) >= 11 is 0. The molecule has 0 unspecified atom stereocenters. The monoisotopic (exact) mass is 401 g/mol. The molecule has 2 heterocycles. The summed E-state index contributed by atoms with van der Waals surface area (Å²) in [4.78, 5) is 19.7. The summed E-state index contributed by atoms with van der Waals surface area (Å²) in [6.45, 7) is 0.243. The summed E-state index contributed by atoms with van der Waals surface area (Å²) in [5.41, 5.74) is 1.48. The normalized spacial score (nSPS) is 10.5. The average molecular weight is 401 g/mol. The Morgan fingerprint density at radius 3 is 2.31 bits per heavy atom. The van der Waals surface area contributed by atoms with Gasteiger partial charge in [-0.1, -0.05) is 0 Å². The molecule has 154 valence electrons. The molecule has 0 aliphatic carbocycles. The van der Waals surface area contributed by atoms with Crippen LogP contribution in [0.3, 0.4) is 0 Å². The van der Waals surface area contributed by atoms with E-state index in [1.165, 1.54) is 35.5 Å². The van der Waals surface area contributed by atoms with Gasteiger partial charge in [0.05, 0.1) is 46.8 Å². The fraction of sp³-hybridized carbons (Fsp3) is 0.300. The fourth-order valence-corrected chi connectivity index (χ4v) is 3.02. The number of hydrogen-bond acceptors (Lipinski definition) is 8. The van der Waals surface area contributed by atoms with Crippen LogP contribution in [0.2, 0.25) is 0 Å². The van der Waals surface area contributed by atoms with Crippen LogP contribution >= 0.6 is 0 Å². The van der Waals surface area contributed by atoms with E-state index in [2.05, 4.69) is 15.3 Å². The first-order valence-corrected chi connectivity index (χ1v) is 8.74. The van der Waals surface area contributed by atoms with E-state index in [1.54, 1.807) is 24.3 Å². The number of H-pyrrole nitrogens is 1. The Bertz CT molecular complexity index is 1080. The van der Waals surface area contributed by atoms with Crippen LogP contribution in [0.5, 0.6) is 29.0 Å². The highest BCUT2D eigenvalue weighted by Gasteiger charge is 2.18. The van der Waals surface area contributed by atoms with Crippen molar-refractivity contribution in [1.29, 1.82) is 0 Å². The molecule has 0 atom stereocenters. The molecule has 3 aromatic rings. The highest BCUT2D eigenvalue weighted by molar-refractivity contribution is 5.90. The van der Waals surface area contributed by atoms with Crippen molar-refractivity contribution in [3.05, 3.63) is 40.2 Å². The predicted molar refractivity (Wildman–Crippen MR) is 109 cm³/mol. The maximum absolute atomic E-state index is 12.6. The number of rotatable bonds is 8. The molecular formula is C20H23N3O6. The molecule has 0 amide bonds. The van der Waals surface area contributed by atoms with Gasteiger partial charge < -0.3 is 34.0 Å². The van der Waals surface area contributed by atoms with E-state index in [0.717, 1.165) is 0 Å². The van der Waals surface area contributed by atoms with Gasteiger partial charge in [0.1, 0.15) is 0 Å². The van der Waals surface area contributed by atoms with Crippen LogP contribution in [0, 0.1) is 0 Å². The lowest BCUT2D eigenvalue weighted by atomic mass is 10.1. The Balaban J connectivity index is 2.00. The van der Waals surface area contributed by atoms with Crippen molar-refractivity contribution in [3.8, 4) is 29.0 Å². The number of anilines is 1. The summed E-state index contributed by atoms with van der Waals surface area (Å²) in [5, 5.41) is 3.86. The number of hydrogen-bond donors (Lipinski definition) is 2. The second kappa shape index (κ2) is 8.59. The maximum Gasteiger partial charge on any atom is 0.253 e. The van der Waals surface area contributed by atoms with Crippen molar-refractivity contribution in [2.75, 3.05) is 40.9 Å². The lowest BCUT2D eigenvalue weighted by molar-refractivity contribution is 0.327. The van der Waals surface area contributed by atoms with Gasteiger partial charge >= 0.3 is 0 Å². The third-order valence-corrected chi connectivity index (χ3v) is 4.43. The van der Waals surface area contributed by atoms with Crippen LogP contribution in [0.1, 0.15) is 5.56 Å². The third kappa shape index (κ3) is 3.84. The van der Waals surface area contributed by atoms with Gasteiger partial charge in [-0.15, -0.1) is 0 Å². The molecule has 0 aliphatic rings. The summed E-state index contributed by atoms with van der Waals surface area (Å²) in [6.07, 6.45) is 0. The molecule has 0 fully saturated rings. The number of aromatic nitrogens is 2. The zero-order valence-electron chi connectivity index (χ0n) is 16.9. The number of ether oxygens (including phenoxy) is 5. The van der Waals surface area contributed by atoms with Gasteiger partial charge in [-0.2, -0.15) is 4.98 Å². The quantitative estimate of drug-likeness (QED) is 0.594. The highest BCUT2D eigenvalue weighted by atomic mass is 16.5. The molecule has 29 heavy (non-hydrogen) atoms. The number of methoxy groups -OCH3 is 5. The molecule has 1 aromatic carbocycles. The largest absolute Gasteiger partial charge is 0.493 e. The molecule has 3 rings (SSSR count). The van der Waals surface area contributed by atoms with Gasteiger partial charge in [0.15, 0.2) is 11.5 Å². The minimum atomic E-state index is -0.236. The lowest BCUT2D eigenvalue weighted by Gasteiger charge is -2.15. The molecule has 0 aliphatic heterocycles. The van der Waals surface area contributed by atoms with Gasteiger partial charge in [-0.05, 0) is 12.1 Å². The molecule has 9 nitrogen and oxygen atoms in total. The molecule has 0 radical (unpaired) electrons. The van der Waals surface area contributed by atoms with Gasteiger partial charge in [0.2, 0.25) is 17.5 Å². The number of nitrogens with zero attached hydrogens (tertiary/aromatic N) is 1. The van der Waals surface area contributed by atoms with Crippen LogP contribution in [0.25, 0.3) is 10.9 Å². The number of benzene rings is 1. The van der Waals surface area contributed by atoms with Gasteiger partial charge in [0.25, 0.3) is 5.56 Å². The molecule has 0 spiro atoms. The first-order chi connectivity index (χ1) is 14.1. The summed E-state index contributed by atoms with van der Waals surface area (Å²) in [6, 6.07) is 6.93. The van der Waals surface area contributed by atoms with E-state index in [4.69, 9.17) is 23.7 Å². The second-order valence-corrected chi connectivity index (χ2v) is 5.99. The van der Waals surface area contributed by atoms with Crippen molar-refractivity contribution in [1.82, 2.24) is 9.97 Å². The van der Waals surface area contributed by atoms with Crippen LogP contribution in [-0.2, 0) is 6.54 Å². The Morgan fingerprint density at radius 2 is 1.69 bits per heavy atom. The summed E-state index contributed by atoms with van der Waals surface area (Å²) in [5.74, 6) is 2.19. The average Bonchev–Trinajstić information content (AvgIpc) is 2.75. The van der Waals surface area contributed by atoms with Crippen molar-refractivity contribution >= 4 is 16.6 Å². The minimum Gasteiger partial charge on any atom is -0.493 e. The molecule has 0 saturated heterocycles. The summed E-state index contributed by atoms with van der Waals surface area (Å²) < 4.78 is 26.7. The highest BCUT2D eigenvalue weighted by Crippen LogP contribution is 2.42. The molecule has 0 bridgehead atoms. The molecular weight excluding hydrogens is 378 g/mol. The zero-order chi connectivity index (χ0) is 21.0. The van der Waals surface area contributed by atoms with E-state index >= 15 is 0 Å². The minimum absolute atomic E-state index is 0.236. The number of pyridine rings is 2. The summed E-state index contributed by atoms with van der Waals surface area (Å²) in [7, 11) is 7.63. The van der Waals surface area contributed by atoms with Crippen LogP contribution < -0.4 is 34.6 Å². The Morgan fingerprint density at radius 1 is 0.931 bits per heavy atom. The van der Waals surface area contributed by atoms with Crippen molar-refractivity contribution in [3.63, 3.8) is 0 Å². The van der Waals surface area contributed by atoms with E-state index in [0.29, 0.717) is 51.2 Å². The van der Waals surface area contributed by atoms with E-state index in [-0.39, 0.29) is 12.1 Å². The molecule has 9 heteroatoms. The molecule has 2 aromatic heterocycles. The van der Waals surface area contributed by atoms with E-state index < -0.39 is 0 Å². The maximum atomic E-state index is 12.6. The Hall–Kier alpha value is -3.62. The lowest BCUT2D eigenvalue weighted by Crippen LogP contribution is -2.16. The van der Waals surface area contributed by atoms with E-state index in [1.807, 2.05) is 0 Å².